The first-order valence-corrected chi connectivity index (χ1v) is 8.28. The van der Waals surface area contributed by atoms with E-state index in [2.05, 4.69) is 61.7 Å². The smallest absolute Gasteiger partial charge is 0.151 e. The van der Waals surface area contributed by atoms with Gasteiger partial charge in [-0.3, -0.25) is 0 Å². The number of hydrogen-bond acceptors (Lipinski definition) is 5. The van der Waals surface area contributed by atoms with Gasteiger partial charge in [-0.25, -0.2) is 0 Å². The van der Waals surface area contributed by atoms with Gasteiger partial charge in [0.15, 0.2) is 5.82 Å². The van der Waals surface area contributed by atoms with Crippen LogP contribution < -0.4 is 15.1 Å². The molecule has 2 fully saturated rings. The fraction of sp³-hybridized carbons (Fsp3) is 0.444. The third-order valence-electron chi connectivity index (χ3n) is 5.04. The zero-order valence-corrected chi connectivity index (χ0v) is 13.7. The summed E-state index contributed by atoms with van der Waals surface area (Å²) >= 11 is 0. The molecule has 0 amide bonds. The third kappa shape index (κ3) is 2.77. The molecule has 5 nitrogen and oxygen atoms in total. The minimum Gasteiger partial charge on any atom is -0.378 e. The van der Waals surface area contributed by atoms with Crippen molar-refractivity contribution in [1.29, 1.82) is 0 Å². The van der Waals surface area contributed by atoms with E-state index in [1.807, 2.05) is 14.1 Å². The summed E-state index contributed by atoms with van der Waals surface area (Å²) in [6.45, 7) is 4.49. The first-order valence-electron chi connectivity index (χ1n) is 8.28. The van der Waals surface area contributed by atoms with E-state index >= 15 is 0 Å². The predicted octanol–water partition coefficient (Wildman–Crippen LogP) is 1.87. The molecular weight excluding hydrogens is 286 g/mol. The number of hydrogen-bond donors (Lipinski definition) is 1. The SMILES string of the molecule is CN(C)c1ccc(-c2ccc(N3CC4CNCC4C3)nn2)cc1. The Labute approximate surface area is 137 Å². The van der Waals surface area contributed by atoms with Gasteiger partial charge in [0.25, 0.3) is 0 Å². The van der Waals surface area contributed by atoms with Crippen LogP contribution >= 0.6 is 0 Å². The summed E-state index contributed by atoms with van der Waals surface area (Å²) in [5.74, 6) is 2.55. The van der Waals surface area contributed by atoms with Gasteiger partial charge in [0.05, 0.1) is 5.69 Å². The summed E-state index contributed by atoms with van der Waals surface area (Å²) in [7, 11) is 4.09. The van der Waals surface area contributed by atoms with Crippen LogP contribution in [0.5, 0.6) is 0 Å². The molecule has 0 radical (unpaired) electrons. The molecule has 1 aromatic heterocycles. The summed E-state index contributed by atoms with van der Waals surface area (Å²) in [4.78, 5) is 4.47. The van der Waals surface area contributed by atoms with Crippen LogP contribution in [-0.4, -0.2) is 50.5 Å². The van der Waals surface area contributed by atoms with E-state index in [1.54, 1.807) is 0 Å². The number of fused-ring (bicyclic) bond motifs is 1. The minimum absolute atomic E-state index is 0.773. The van der Waals surface area contributed by atoms with Crippen LogP contribution in [-0.2, 0) is 0 Å². The maximum Gasteiger partial charge on any atom is 0.151 e. The highest BCUT2D eigenvalue weighted by molar-refractivity contribution is 5.63. The Morgan fingerprint density at radius 2 is 1.65 bits per heavy atom. The van der Waals surface area contributed by atoms with E-state index in [-0.39, 0.29) is 0 Å². The summed E-state index contributed by atoms with van der Waals surface area (Å²) in [6.07, 6.45) is 0. The summed E-state index contributed by atoms with van der Waals surface area (Å²) in [5.41, 5.74) is 3.23. The monoisotopic (exact) mass is 309 g/mol. The van der Waals surface area contributed by atoms with Crippen molar-refractivity contribution in [3.63, 3.8) is 0 Å². The van der Waals surface area contributed by atoms with Crippen molar-refractivity contribution >= 4 is 11.5 Å². The molecule has 2 aliphatic rings. The lowest BCUT2D eigenvalue weighted by atomic mass is 10.0. The first-order chi connectivity index (χ1) is 11.2. The predicted molar refractivity (Wildman–Crippen MR) is 93.9 cm³/mol. The second kappa shape index (κ2) is 5.81. The Hall–Kier alpha value is -2.14. The van der Waals surface area contributed by atoms with Crippen LogP contribution in [0.3, 0.4) is 0 Å². The number of anilines is 2. The van der Waals surface area contributed by atoms with Gasteiger partial charge in [-0.05, 0) is 36.1 Å². The Morgan fingerprint density at radius 3 is 2.22 bits per heavy atom. The first kappa shape index (κ1) is 14.5. The van der Waals surface area contributed by atoms with Crippen molar-refractivity contribution in [2.24, 2.45) is 11.8 Å². The fourth-order valence-electron chi connectivity index (χ4n) is 3.62. The third-order valence-corrected chi connectivity index (χ3v) is 5.04. The lowest BCUT2D eigenvalue weighted by molar-refractivity contribution is 0.533. The van der Waals surface area contributed by atoms with Crippen LogP contribution in [0.4, 0.5) is 11.5 Å². The molecule has 2 saturated heterocycles. The van der Waals surface area contributed by atoms with E-state index < -0.39 is 0 Å². The van der Waals surface area contributed by atoms with E-state index in [9.17, 15) is 0 Å². The molecule has 2 aromatic rings. The zero-order chi connectivity index (χ0) is 15.8. The van der Waals surface area contributed by atoms with Crippen molar-refractivity contribution in [2.75, 3.05) is 50.1 Å². The molecule has 3 heterocycles. The summed E-state index contributed by atoms with van der Waals surface area (Å²) < 4.78 is 0. The Balaban J connectivity index is 1.49. The lowest BCUT2D eigenvalue weighted by Crippen LogP contribution is -2.26. The quantitative estimate of drug-likeness (QED) is 0.938. The van der Waals surface area contributed by atoms with Crippen LogP contribution in [0.2, 0.25) is 0 Å². The van der Waals surface area contributed by atoms with E-state index in [0.717, 1.165) is 55.1 Å². The molecule has 1 N–H and O–H groups in total. The van der Waals surface area contributed by atoms with Crippen LogP contribution in [0.1, 0.15) is 0 Å². The summed E-state index contributed by atoms with van der Waals surface area (Å²) in [5, 5.41) is 12.4. The largest absolute Gasteiger partial charge is 0.378 e. The highest BCUT2D eigenvalue weighted by atomic mass is 15.3. The van der Waals surface area contributed by atoms with Crippen LogP contribution in [0, 0.1) is 11.8 Å². The van der Waals surface area contributed by atoms with E-state index in [0.29, 0.717) is 0 Å². The summed E-state index contributed by atoms with van der Waals surface area (Å²) in [6, 6.07) is 12.6. The van der Waals surface area contributed by atoms with Crippen molar-refractivity contribution in [2.45, 2.75) is 0 Å². The molecule has 120 valence electrons. The van der Waals surface area contributed by atoms with Crippen LogP contribution in [0.15, 0.2) is 36.4 Å². The van der Waals surface area contributed by atoms with Crippen LogP contribution in [0.25, 0.3) is 11.3 Å². The second-order valence-electron chi connectivity index (χ2n) is 6.80. The second-order valence-corrected chi connectivity index (χ2v) is 6.80. The number of benzene rings is 1. The highest BCUT2D eigenvalue weighted by Crippen LogP contribution is 2.30. The standard InChI is InChI=1S/C18H23N5/c1-22(2)16-5-3-13(4-6-16)17-7-8-18(21-20-17)23-11-14-9-19-10-15(14)12-23/h3-8,14-15,19H,9-12H2,1-2H3. The van der Waals surface area contributed by atoms with Gasteiger partial charge in [-0.15, -0.1) is 10.2 Å². The van der Waals surface area contributed by atoms with Gasteiger partial charge in [-0.1, -0.05) is 12.1 Å². The molecule has 5 heteroatoms. The highest BCUT2D eigenvalue weighted by Gasteiger charge is 2.36. The lowest BCUT2D eigenvalue weighted by Gasteiger charge is -2.18. The number of nitrogens with zero attached hydrogens (tertiary/aromatic N) is 4. The molecule has 2 atom stereocenters. The van der Waals surface area contributed by atoms with Gasteiger partial charge >= 0.3 is 0 Å². The van der Waals surface area contributed by atoms with Gasteiger partial charge in [0.2, 0.25) is 0 Å². The molecule has 0 spiro atoms. The molecule has 2 aliphatic heterocycles. The van der Waals surface area contributed by atoms with E-state index in [4.69, 9.17) is 0 Å². The molecule has 2 unspecified atom stereocenters. The molecule has 4 rings (SSSR count). The van der Waals surface area contributed by atoms with Gasteiger partial charge in [0, 0.05) is 51.5 Å². The Kier molecular flexibility index (Phi) is 3.65. The van der Waals surface area contributed by atoms with E-state index in [1.165, 1.54) is 5.69 Å². The average Bonchev–Trinajstić information content (AvgIpc) is 3.17. The van der Waals surface area contributed by atoms with Crippen molar-refractivity contribution in [1.82, 2.24) is 15.5 Å². The Bertz CT molecular complexity index is 653. The average molecular weight is 309 g/mol. The van der Waals surface area contributed by atoms with Crippen molar-refractivity contribution in [3.8, 4) is 11.3 Å². The van der Waals surface area contributed by atoms with Crippen molar-refractivity contribution in [3.05, 3.63) is 36.4 Å². The molecule has 23 heavy (non-hydrogen) atoms. The molecule has 0 bridgehead atoms. The number of rotatable bonds is 3. The molecule has 0 saturated carbocycles. The molecule has 0 aliphatic carbocycles. The van der Waals surface area contributed by atoms with Gasteiger partial charge in [0.1, 0.15) is 0 Å². The topological polar surface area (TPSA) is 44.3 Å². The number of nitrogens with one attached hydrogen (secondary N) is 1. The zero-order valence-electron chi connectivity index (χ0n) is 13.7. The Morgan fingerprint density at radius 1 is 0.957 bits per heavy atom. The molecule has 1 aromatic carbocycles. The normalized spacial score (nSPS) is 23.1. The van der Waals surface area contributed by atoms with Gasteiger partial charge < -0.3 is 15.1 Å². The van der Waals surface area contributed by atoms with Gasteiger partial charge in [-0.2, -0.15) is 0 Å². The van der Waals surface area contributed by atoms with Crippen molar-refractivity contribution < 1.29 is 0 Å². The maximum absolute atomic E-state index is 4.47. The fourth-order valence-corrected chi connectivity index (χ4v) is 3.62. The molecular formula is C18H23N5. The maximum atomic E-state index is 4.47. The minimum atomic E-state index is 0.773. The number of aromatic nitrogens is 2.